The van der Waals surface area contributed by atoms with E-state index in [2.05, 4.69) is 40.7 Å². The highest BCUT2D eigenvalue weighted by molar-refractivity contribution is 5.95. The minimum atomic E-state index is -0.154. The van der Waals surface area contributed by atoms with Crippen molar-refractivity contribution in [1.29, 1.82) is 0 Å². The van der Waals surface area contributed by atoms with Crippen molar-refractivity contribution in [2.45, 2.75) is 73.6 Å². The quantitative estimate of drug-likeness (QED) is 0.651. The minimum Gasteiger partial charge on any atom is -0.507 e. The molecule has 0 saturated heterocycles. The molecule has 0 spiro atoms. The summed E-state index contributed by atoms with van der Waals surface area (Å²) in [5, 5.41) is 11.0. The van der Waals surface area contributed by atoms with Crippen LogP contribution < -0.4 is 4.90 Å². The molecule has 2 aromatic rings. The normalized spacial score (nSPS) is 12.2. The Morgan fingerprint density at radius 1 is 1.00 bits per heavy atom. The number of benzene rings is 2. The molecule has 1 amide bonds. The molecule has 0 unspecified atom stereocenters. The Morgan fingerprint density at radius 2 is 1.59 bits per heavy atom. The van der Waals surface area contributed by atoms with E-state index in [1.54, 1.807) is 4.90 Å². The molecular formula is C26H37NO2. The van der Waals surface area contributed by atoms with Crippen molar-refractivity contribution in [1.82, 2.24) is 0 Å². The molecule has 0 aliphatic rings. The molecule has 0 aliphatic heterocycles. The van der Waals surface area contributed by atoms with E-state index in [-0.39, 0.29) is 23.2 Å². The Hall–Kier alpha value is -2.29. The van der Waals surface area contributed by atoms with Gasteiger partial charge in [-0.1, -0.05) is 58.9 Å². The summed E-state index contributed by atoms with van der Waals surface area (Å²) in [4.78, 5) is 14.7. The molecule has 29 heavy (non-hydrogen) atoms. The SMILES string of the molecule is Cc1ccccc1N(C)C(=O)Cc1c(C)cc(C(C)(C)CC(C)(C)C)c(O)c1C. The van der Waals surface area contributed by atoms with Crippen LogP contribution in [-0.2, 0) is 16.6 Å². The fourth-order valence-corrected chi connectivity index (χ4v) is 4.57. The van der Waals surface area contributed by atoms with Crippen molar-refractivity contribution in [3.05, 3.63) is 58.1 Å². The molecule has 0 aliphatic carbocycles. The number of hydrogen-bond donors (Lipinski definition) is 1. The zero-order valence-electron chi connectivity index (χ0n) is 19.6. The second-order valence-electron chi connectivity index (χ2n) is 10.2. The minimum absolute atomic E-state index is 0.0200. The second-order valence-corrected chi connectivity index (χ2v) is 10.2. The van der Waals surface area contributed by atoms with E-state index in [0.717, 1.165) is 39.9 Å². The molecule has 0 fully saturated rings. The van der Waals surface area contributed by atoms with E-state index in [4.69, 9.17) is 0 Å². The van der Waals surface area contributed by atoms with Gasteiger partial charge in [0, 0.05) is 18.3 Å². The van der Waals surface area contributed by atoms with Gasteiger partial charge in [-0.25, -0.2) is 0 Å². The number of para-hydroxylation sites is 1. The highest BCUT2D eigenvalue weighted by Crippen LogP contribution is 2.42. The zero-order valence-corrected chi connectivity index (χ0v) is 19.6. The number of aryl methyl sites for hydroxylation is 2. The Balaban J connectivity index is 2.37. The first-order valence-electron chi connectivity index (χ1n) is 10.4. The molecule has 0 saturated carbocycles. The maximum Gasteiger partial charge on any atom is 0.231 e. The zero-order chi connectivity index (χ0) is 22.1. The summed E-state index contributed by atoms with van der Waals surface area (Å²) < 4.78 is 0. The monoisotopic (exact) mass is 395 g/mol. The van der Waals surface area contributed by atoms with Gasteiger partial charge in [-0.2, -0.15) is 0 Å². The Morgan fingerprint density at radius 3 is 2.14 bits per heavy atom. The number of carbonyl (C=O) groups is 1. The molecule has 0 atom stereocenters. The highest BCUT2D eigenvalue weighted by atomic mass is 16.3. The van der Waals surface area contributed by atoms with Crippen LogP contribution in [0.5, 0.6) is 5.75 Å². The van der Waals surface area contributed by atoms with Crippen LogP contribution >= 0.6 is 0 Å². The average Bonchev–Trinajstić information content (AvgIpc) is 2.59. The van der Waals surface area contributed by atoms with Gasteiger partial charge in [0.05, 0.1) is 6.42 Å². The summed E-state index contributed by atoms with van der Waals surface area (Å²) in [6, 6.07) is 9.96. The third-order valence-corrected chi connectivity index (χ3v) is 5.78. The van der Waals surface area contributed by atoms with Crippen LogP contribution in [0, 0.1) is 26.2 Å². The predicted molar refractivity (Wildman–Crippen MR) is 123 cm³/mol. The molecule has 0 aromatic heterocycles. The van der Waals surface area contributed by atoms with Crippen molar-refractivity contribution >= 4 is 11.6 Å². The van der Waals surface area contributed by atoms with Gasteiger partial charge in [0.25, 0.3) is 0 Å². The lowest BCUT2D eigenvalue weighted by molar-refractivity contribution is -0.117. The highest BCUT2D eigenvalue weighted by Gasteiger charge is 2.31. The molecule has 0 heterocycles. The van der Waals surface area contributed by atoms with Crippen molar-refractivity contribution in [2.75, 3.05) is 11.9 Å². The van der Waals surface area contributed by atoms with Gasteiger partial charge in [0.1, 0.15) is 5.75 Å². The topological polar surface area (TPSA) is 40.5 Å². The number of anilines is 1. The van der Waals surface area contributed by atoms with E-state index < -0.39 is 0 Å². The standard InChI is InChI=1S/C26H37NO2/c1-17-12-10-11-13-22(17)27(9)23(28)15-20-18(2)14-21(24(29)19(20)3)26(7,8)16-25(4,5)6/h10-14,29H,15-16H2,1-9H3. The van der Waals surface area contributed by atoms with Gasteiger partial charge in [-0.3, -0.25) is 4.79 Å². The van der Waals surface area contributed by atoms with Crippen LogP contribution in [0.3, 0.4) is 0 Å². The molecule has 0 radical (unpaired) electrons. The molecule has 3 nitrogen and oxygen atoms in total. The maximum absolute atomic E-state index is 13.0. The molecule has 3 heteroatoms. The first-order chi connectivity index (χ1) is 13.2. The Labute approximate surface area is 176 Å². The first-order valence-corrected chi connectivity index (χ1v) is 10.4. The second kappa shape index (κ2) is 8.22. The van der Waals surface area contributed by atoms with Crippen molar-refractivity contribution < 1.29 is 9.90 Å². The van der Waals surface area contributed by atoms with E-state index in [1.165, 1.54) is 0 Å². The molecule has 0 bridgehead atoms. The van der Waals surface area contributed by atoms with Crippen LogP contribution in [0.4, 0.5) is 5.69 Å². The van der Waals surface area contributed by atoms with Gasteiger partial charge in [-0.05, 0) is 66.3 Å². The predicted octanol–water partition coefficient (Wildman–Crippen LogP) is 6.24. The number of likely N-dealkylation sites (N-methyl/N-ethyl adjacent to an activating group) is 1. The number of phenols is 1. The summed E-state index contributed by atoms with van der Waals surface area (Å²) in [6.07, 6.45) is 1.23. The number of aromatic hydroxyl groups is 1. The lowest BCUT2D eigenvalue weighted by atomic mass is 9.71. The summed E-state index contributed by atoms with van der Waals surface area (Å²) in [7, 11) is 1.82. The lowest BCUT2D eigenvalue weighted by Gasteiger charge is -2.34. The van der Waals surface area contributed by atoms with E-state index in [0.29, 0.717) is 5.75 Å². The van der Waals surface area contributed by atoms with Gasteiger partial charge in [0.15, 0.2) is 0 Å². The maximum atomic E-state index is 13.0. The van der Waals surface area contributed by atoms with E-state index in [9.17, 15) is 9.90 Å². The van der Waals surface area contributed by atoms with Gasteiger partial charge in [-0.15, -0.1) is 0 Å². The van der Waals surface area contributed by atoms with E-state index >= 15 is 0 Å². The lowest BCUT2D eigenvalue weighted by Crippen LogP contribution is -2.29. The summed E-state index contributed by atoms with van der Waals surface area (Å²) in [6.45, 7) is 17.0. The number of nitrogens with zero attached hydrogens (tertiary/aromatic N) is 1. The van der Waals surface area contributed by atoms with Crippen molar-refractivity contribution in [2.24, 2.45) is 5.41 Å². The van der Waals surface area contributed by atoms with Crippen LogP contribution in [0.25, 0.3) is 0 Å². The summed E-state index contributed by atoms with van der Waals surface area (Å²) in [5.74, 6) is 0.345. The molecule has 1 N–H and O–H groups in total. The van der Waals surface area contributed by atoms with Crippen molar-refractivity contribution in [3.63, 3.8) is 0 Å². The third-order valence-electron chi connectivity index (χ3n) is 5.78. The van der Waals surface area contributed by atoms with Gasteiger partial charge in [0.2, 0.25) is 5.91 Å². The summed E-state index contributed by atoms with van der Waals surface area (Å²) in [5.41, 5.74) is 5.74. The largest absolute Gasteiger partial charge is 0.507 e. The molecule has 158 valence electrons. The van der Waals surface area contributed by atoms with Crippen LogP contribution in [0.15, 0.2) is 30.3 Å². The number of hydrogen-bond acceptors (Lipinski definition) is 2. The Bertz CT molecular complexity index is 904. The van der Waals surface area contributed by atoms with E-state index in [1.807, 2.05) is 52.1 Å². The average molecular weight is 396 g/mol. The molecule has 2 rings (SSSR count). The fraction of sp³-hybridized carbons (Fsp3) is 0.500. The number of amides is 1. The third kappa shape index (κ3) is 5.20. The van der Waals surface area contributed by atoms with Gasteiger partial charge >= 0.3 is 0 Å². The molecular weight excluding hydrogens is 358 g/mol. The van der Waals surface area contributed by atoms with Crippen LogP contribution in [-0.4, -0.2) is 18.1 Å². The fourth-order valence-electron chi connectivity index (χ4n) is 4.57. The number of phenolic OH excluding ortho intramolecular Hbond substituents is 1. The molecule has 2 aromatic carbocycles. The smallest absolute Gasteiger partial charge is 0.231 e. The Kier molecular flexibility index (Phi) is 6.51. The first kappa shape index (κ1) is 23.0. The van der Waals surface area contributed by atoms with Gasteiger partial charge < -0.3 is 10.0 Å². The van der Waals surface area contributed by atoms with Crippen LogP contribution in [0.2, 0.25) is 0 Å². The number of rotatable bonds is 5. The summed E-state index contributed by atoms with van der Waals surface area (Å²) >= 11 is 0. The van der Waals surface area contributed by atoms with Crippen molar-refractivity contribution in [3.8, 4) is 5.75 Å². The van der Waals surface area contributed by atoms with Crippen LogP contribution in [0.1, 0.15) is 68.9 Å². The number of carbonyl (C=O) groups excluding carboxylic acids is 1.